The van der Waals surface area contributed by atoms with E-state index in [-0.39, 0.29) is 11.8 Å². The summed E-state index contributed by atoms with van der Waals surface area (Å²) in [4.78, 5) is 14.0. The van der Waals surface area contributed by atoms with Crippen molar-refractivity contribution in [3.05, 3.63) is 36.0 Å². The molecule has 0 N–H and O–H groups in total. The zero-order valence-electron chi connectivity index (χ0n) is 11.4. The third kappa shape index (κ3) is 2.45. The Morgan fingerprint density at radius 1 is 1.47 bits per heavy atom. The van der Waals surface area contributed by atoms with Gasteiger partial charge in [0, 0.05) is 37.7 Å². The molecule has 0 spiro atoms. The molecule has 0 bridgehead atoms. The van der Waals surface area contributed by atoms with Gasteiger partial charge >= 0.3 is 0 Å². The fourth-order valence-electron chi connectivity index (χ4n) is 2.25. The summed E-state index contributed by atoms with van der Waals surface area (Å²) >= 11 is 0. The SMILES string of the molecule is CC(C#N)CN(C)C(=O)c1cn(C)c2ccccc12. The molecule has 2 aromatic rings. The van der Waals surface area contributed by atoms with Crippen LogP contribution in [0.15, 0.2) is 30.5 Å². The van der Waals surface area contributed by atoms with E-state index < -0.39 is 0 Å². The number of aromatic nitrogens is 1. The van der Waals surface area contributed by atoms with Gasteiger partial charge in [-0.15, -0.1) is 0 Å². The van der Waals surface area contributed by atoms with Crippen molar-refractivity contribution >= 4 is 16.8 Å². The van der Waals surface area contributed by atoms with E-state index in [0.717, 1.165) is 10.9 Å². The third-order valence-electron chi connectivity index (χ3n) is 3.24. The monoisotopic (exact) mass is 255 g/mol. The maximum absolute atomic E-state index is 12.4. The first-order chi connectivity index (χ1) is 9.04. The number of carbonyl (C=O) groups excluding carboxylic acids is 1. The van der Waals surface area contributed by atoms with Crippen LogP contribution in [0.5, 0.6) is 0 Å². The summed E-state index contributed by atoms with van der Waals surface area (Å²) in [5.74, 6) is -0.206. The molecule has 2 rings (SSSR count). The molecule has 4 heteroatoms. The number of nitrogens with zero attached hydrogens (tertiary/aromatic N) is 3. The first kappa shape index (κ1) is 13.2. The fourth-order valence-corrected chi connectivity index (χ4v) is 2.25. The van der Waals surface area contributed by atoms with Crippen molar-refractivity contribution in [1.82, 2.24) is 9.47 Å². The molecule has 98 valence electrons. The number of aryl methyl sites for hydroxylation is 1. The van der Waals surface area contributed by atoms with Crippen LogP contribution in [0.4, 0.5) is 0 Å². The van der Waals surface area contributed by atoms with Gasteiger partial charge in [-0.25, -0.2) is 0 Å². The Kier molecular flexibility index (Phi) is 3.57. The first-order valence-corrected chi connectivity index (χ1v) is 6.23. The van der Waals surface area contributed by atoms with Gasteiger partial charge in [0.1, 0.15) is 0 Å². The largest absolute Gasteiger partial charge is 0.350 e. The average molecular weight is 255 g/mol. The van der Waals surface area contributed by atoms with Gasteiger partial charge in [-0.2, -0.15) is 5.26 Å². The topological polar surface area (TPSA) is 49.0 Å². The minimum Gasteiger partial charge on any atom is -0.350 e. The molecular weight excluding hydrogens is 238 g/mol. The number of hydrogen-bond donors (Lipinski definition) is 0. The smallest absolute Gasteiger partial charge is 0.255 e. The van der Waals surface area contributed by atoms with Crippen LogP contribution in [0.1, 0.15) is 17.3 Å². The Morgan fingerprint density at radius 2 is 2.16 bits per heavy atom. The first-order valence-electron chi connectivity index (χ1n) is 6.23. The van der Waals surface area contributed by atoms with Gasteiger partial charge < -0.3 is 9.47 Å². The molecule has 1 unspecified atom stereocenters. The molecule has 0 saturated carbocycles. The molecule has 1 heterocycles. The van der Waals surface area contributed by atoms with Crippen molar-refractivity contribution in [3.63, 3.8) is 0 Å². The molecule has 0 aliphatic heterocycles. The van der Waals surface area contributed by atoms with E-state index in [2.05, 4.69) is 6.07 Å². The molecule has 4 nitrogen and oxygen atoms in total. The molecule has 1 aromatic heterocycles. The lowest BCUT2D eigenvalue weighted by molar-refractivity contribution is 0.0787. The van der Waals surface area contributed by atoms with Crippen molar-refractivity contribution in [2.75, 3.05) is 13.6 Å². The molecule has 1 amide bonds. The summed E-state index contributed by atoms with van der Waals surface area (Å²) in [7, 11) is 3.66. The average Bonchev–Trinajstić information content (AvgIpc) is 2.75. The highest BCUT2D eigenvalue weighted by atomic mass is 16.2. The second kappa shape index (κ2) is 5.15. The molecule has 0 aliphatic carbocycles. The number of amides is 1. The molecular formula is C15H17N3O. The number of hydrogen-bond acceptors (Lipinski definition) is 2. The number of para-hydroxylation sites is 1. The normalized spacial score (nSPS) is 12.1. The Bertz CT molecular complexity index is 651. The van der Waals surface area contributed by atoms with Crippen LogP contribution in [0.2, 0.25) is 0 Å². The summed E-state index contributed by atoms with van der Waals surface area (Å²) in [5, 5.41) is 9.77. The Hall–Kier alpha value is -2.28. The van der Waals surface area contributed by atoms with E-state index in [1.807, 2.05) is 49.0 Å². The summed E-state index contributed by atoms with van der Waals surface area (Å²) in [6, 6.07) is 9.97. The van der Waals surface area contributed by atoms with Gasteiger partial charge in [-0.1, -0.05) is 18.2 Å². The minimum atomic E-state index is -0.163. The van der Waals surface area contributed by atoms with Crippen LogP contribution >= 0.6 is 0 Å². The van der Waals surface area contributed by atoms with Crippen LogP contribution < -0.4 is 0 Å². The third-order valence-corrected chi connectivity index (χ3v) is 3.24. The molecule has 0 radical (unpaired) electrons. The number of nitriles is 1. The van der Waals surface area contributed by atoms with Gasteiger partial charge in [0.15, 0.2) is 0 Å². The number of rotatable bonds is 3. The van der Waals surface area contributed by atoms with E-state index in [1.165, 1.54) is 0 Å². The molecule has 0 saturated heterocycles. The maximum atomic E-state index is 12.4. The fraction of sp³-hybridized carbons (Fsp3) is 0.333. The van der Waals surface area contributed by atoms with E-state index in [9.17, 15) is 4.79 Å². The highest BCUT2D eigenvalue weighted by molar-refractivity contribution is 6.06. The molecule has 1 aromatic carbocycles. The lowest BCUT2D eigenvalue weighted by atomic mass is 10.1. The predicted octanol–water partition coefficient (Wildman–Crippen LogP) is 2.41. The number of benzene rings is 1. The Morgan fingerprint density at radius 3 is 2.84 bits per heavy atom. The van der Waals surface area contributed by atoms with Gasteiger partial charge in [0.2, 0.25) is 0 Å². The van der Waals surface area contributed by atoms with Gasteiger partial charge in [-0.05, 0) is 13.0 Å². The van der Waals surface area contributed by atoms with Crippen molar-refractivity contribution < 1.29 is 4.79 Å². The van der Waals surface area contributed by atoms with E-state index >= 15 is 0 Å². The highest BCUT2D eigenvalue weighted by Crippen LogP contribution is 2.21. The summed E-state index contributed by atoms with van der Waals surface area (Å²) < 4.78 is 1.95. The van der Waals surface area contributed by atoms with Crippen LogP contribution in [-0.2, 0) is 7.05 Å². The van der Waals surface area contributed by atoms with E-state index in [1.54, 1.807) is 11.9 Å². The van der Waals surface area contributed by atoms with Crippen molar-refractivity contribution in [2.45, 2.75) is 6.92 Å². The Labute approximate surface area is 112 Å². The second-order valence-electron chi connectivity index (χ2n) is 4.89. The number of fused-ring (bicyclic) bond motifs is 1. The molecule has 1 atom stereocenters. The van der Waals surface area contributed by atoms with Crippen molar-refractivity contribution in [3.8, 4) is 6.07 Å². The molecule has 0 aliphatic rings. The van der Waals surface area contributed by atoms with E-state index in [4.69, 9.17) is 5.26 Å². The predicted molar refractivity (Wildman–Crippen MR) is 74.7 cm³/mol. The maximum Gasteiger partial charge on any atom is 0.255 e. The quantitative estimate of drug-likeness (QED) is 0.845. The zero-order valence-corrected chi connectivity index (χ0v) is 11.4. The molecule has 0 fully saturated rings. The summed E-state index contributed by atoms with van der Waals surface area (Å²) in [6.07, 6.45) is 1.85. The van der Waals surface area contributed by atoms with Gasteiger partial charge in [0.05, 0.1) is 17.6 Å². The van der Waals surface area contributed by atoms with Crippen LogP contribution in [0, 0.1) is 17.2 Å². The Balaban J connectivity index is 2.35. The highest BCUT2D eigenvalue weighted by Gasteiger charge is 2.18. The number of carbonyl (C=O) groups is 1. The molecule has 19 heavy (non-hydrogen) atoms. The van der Waals surface area contributed by atoms with Crippen LogP contribution in [-0.4, -0.2) is 29.0 Å². The lowest BCUT2D eigenvalue weighted by Gasteiger charge is -2.17. The van der Waals surface area contributed by atoms with E-state index in [0.29, 0.717) is 12.1 Å². The van der Waals surface area contributed by atoms with Gasteiger partial charge in [0.25, 0.3) is 5.91 Å². The minimum absolute atomic E-state index is 0.0427. The van der Waals surface area contributed by atoms with Crippen LogP contribution in [0.3, 0.4) is 0 Å². The summed E-state index contributed by atoms with van der Waals surface area (Å²) in [6.45, 7) is 2.26. The van der Waals surface area contributed by atoms with Crippen molar-refractivity contribution in [1.29, 1.82) is 5.26 Å². The second-order valence-corrected chi connectivity index (χ2v) is 4.89. The van der Waals surface area contributed by atoms with Crippen molar-refractivity contribution in [2.24, 2.45) is 13.0 Å². The summed E-state index contributed by atoms with van der Waals surface area (Å²) in [5.41, 5.74) is 1.72. The van der Waals surface area contributed by atoms with Gasteiger partial charge in [-0.3, -0.25) is 4.79 Å². The standard InChI is InChI=1S/C15H17N3O/c1-11(8-16)9-18(3)15(19)13-10-17(2)14-7-5-4-6-12(13)14/h4-7,10-11H,9H2,1-3H3. The lowest BCUT2D eigenvalue weighted by Crippen LogP contribution is -2.30. The zero-order chi connectivity index (χ0) is 14.0. The van der Waals surface area contributed by atoms with Crippen LogP contribution in [0.25, 0.3) is 10.9 Å².